The van der Waals surface area contributed by atoms with Crippen LogP contribution in [0.25, 0.3) is 11.1 Å². The maximum absolute atomic E-state index is 5.69. The molecule has 2 aromatic rings. The van der Waals surface area contributed by atoms with Gasteiger partial charge in [-0.05, 0) is 35.4 Å². The van der Waals surface area contributed by atoms with E-state index < -0.39 is 0 Å². The van der Waals surface area contributed by atoms with Crippen molar-refractivity contribution < 1.29 is 0 Å². The van der Waals surface area contributed by atoms with Gasteiger partial charge in [0.05, 0.1) is 0 Å². The van der Waals surface area contributed by atoms with Crippen LogP contribution >= 0.6 is 0 Å². The normalized spacial score (nSPS) is 10.0. The summed E-state index contributed by atoms with van der Waals surface area (Å²) in [6.07, 6.45) is 1.69. The Kier molecular flexibility index (Phi) is 2.07. The Hall–Kier alpha value is -2.03. The zero-order valence-corrected chi connectivity index (χ0v) is 7.64. The first-order valence-corrected chi connectivity index (χ1v) is 4.33. The molecule has 0 saturated carbocycles. The van der Waals surface area contributed by atoms with Crippen molar-refractivity contribution in [3.63, 3.8) is 0 Å². The summed E-state index contributed by atoms with van der Waals surface area (Å²) in [7, 11) is 0. The average Bonchev–Trinajstić information content (AvgIpc) is 2.18. The van der Waals surface area contributed by atoms with Crippen LogP contribution < -0.4 is 11.5 Å². The smallest absolute Gasteiger partial charge is 0.123 e. The molecular formula is C11H11N3. The molecule has 3 nitrogen and oxygen atoms in total. The summed E-state index contributed by atoms with van der Waals surface area (Å²) >= 11 is 0. The highest BCUT2D eigenvalue weighted by Crippen LogP contribution is 2.21. The Bertz CT molecular complexity index is 408. The van der Waals surface area contributed by atoms with Crippen LogP contribution in [0, 0.1) is 0 Å². The summed E-state index contributed by atoms with van der Waals surface area (Å²) < 4.78 is 0. The maximum atomic E-state index is 5.69. The quantitative estimate of drug-likeness (QED) is 0.667. The molecule has 0 radical (unpaired) electrons. The van der Waals surface area contributed by atoms with Crippen molar-refractivity contribution in [1.82, 2.24) is 4.98 Å². The molecule has 3 heteroatoms. The standard InChI is InChI=1S/C11H11N3/c12-10-3-1-2-8(6-10)9-4-5-14-11(13)7-9/h1-7H,12H2,(H2,13,14). The van der Waals surface area contributed by atoms with Crippen LogP contribution in [-0.4, -0.2) is 4.98 Å². The van der Waals surface area contributed by atoms with Gasteiger partial charge in [0.15, 0.2) is 0 Å². The summed E-state index contributed by atoms with van der Waals surface area (Å²) in [4.78, 5) is 3.93. The SMILES string of the molecule is Nc1cccc(-c2ccnc(N)c2)c1. The Balaban J connectivity index is 2.49. The molecule has 4 N–H and O–H groups in total. The Morgan fingerprint density at radius 3 is 2.43 bits per heavy atom. The molecule has 2 rings (SSSR count). The van der Waals surface area contributed by atoms with Crippen LogP contribution in [0.2, 0.25) is 0 Å². The lowest BCUT2D eigenvalue weighted by Gasteiger charge is -2.02. The number of hydrogen-bond donors (Lipinski definition) is 2. The van der Waals surface area contributed by atoms with Crippen molar-refractivity contribution in [2.45, 2.75) is 0 Å². The Morgan fingerprint density at radius 1 is 0.929 bits per heavy atom. The molecule has 0 unspecified atom stereocenters. The van der Waals surface area contributed by atoms with Crippen molar-refractivity contribution in [3.8, 4) is 11.1 Å². The van der Waals surface area contributed by atoms with E-state index in [1.165, 1.54) is 0 Å². The molecule has 0 aliphatic carbocycles. The fourth-order valence-corrected chi connectivity index (χ4v) is 1.35. The Labute approximate surface area is 82.4 Å². The number of nitrogen functional groups attached to an aromatic ring is 2. The van der Waals surface area contributed by atoms with Gasteiger partial charge in [-0.1, -0.05) is 12.1 Å². The third-order valence-electron chi connectivity index (χ3n) is 2.00. The number of benzene rings is 1. The lowest BCUT2D eigenvalue weighted by molar-refractivity contribution is 1.34. The van der Waals surface area contributed by atoms with Gasteiger partial charge in [-0.15, -0.1) is 0 Å². The molecule has 14 heavy (non-hydrogen) atoms. The topological polar surface area (TPSA) is 64.9 Å². The molecule has 0 atom stereocenters. The van der Waals surface area contributed by atoms with Crippen LogP contribution in [0.5, 0.6) is 0 Å². The maximum Gasteiger partial charge on any atom is 0.123 e. The van der Waals surface area contributed by atoms with E-state index >= 15 is 0 Å². The molecule has 0 spiro atoms. The second kappa shape index (κ2) is 3.38. The molecule has 0 saturated heterocycles. The van der Waals surface area contributed by atoms with E-state index in [0.29, 0.717) is 5.82 Å². The van der Waals surface area contributed by atoms with Crippen LogP contribution in [0.3, 0.4) is 0 Å². The molecule has 0 aliphatic rings. The van der Waals surface area contributed by atoms with E-state index in [0.717, 1.165) is 16.8 Å². The third-order valence-corrected chi connectivity index (χ3v) is 2.00. The van der Waals surface area contributed by atoms with Gasteiger partial charge >= 0.3 is 0 Å². The minimum Gasteiger partial charge on any atom is -0.399 e. The van der Waals surface area contributed by atoms with E-state index in [1.807, 2.05) is 36.4 Å². The predicted molar refractivity (Wildman–Crippen MR) is 58.5 cm³/mol. The fourth-order valence-electron chi connectivity index (χ4n) is 1.35. The number of pyridine rings is 1. The summed E-state index contributed by atoms with van der Waals surface area (Å²) in [6, 6.07) is 11.4. The van der Waals surface area contributed by atoms with Gasteiger partial charge in [-0.3, -0.25) is 0 Å². The number of nitrogens with zero attached hydrogens (tertiary/aromatic N) is 1. The number of aromatic nitrogens is 1. The van der Waals surface area contributed by atoms with E-state index in [1.54, 1.807) is 6.20 Å². The van der Waals surface area contributed by atoms with Gasteiger partial charge < -0.3 is 11.5 Å². The van der Waals surface area contributed by atoms with E-state index in [-0.39, 0.29) is 0 Å². The first-order chi connectivity index (χ1) is 6.75. The number of anilines is 2. The Morgan fingerprint density at radius 2 is 1.71 bits per heavy atom. The number of rotatable bonds is 1. The van der Waals surface area contributed by atoms with E-state index in [4.69, 9.17) is 11.5 Å². The lowest BCUT2D eigenvalue weighted by atomic mass is 10.1. The minimum absolute atomic E-state index is 0.518. The molecule has 1 heterocycles. The minimum atomic E-state index is 0.518. The van der Waals surface area contributed by atoms with Crippen molar-refractivity contribution >= 4 is 11.5 Å². The summed E-state index contributed by atoms with van der Waals surface area (Å²) in [5, 5.41) is 0. The van der Waals surface area contributed by atoms with Gasteiger partial charge in [0.2, 0.25) is 0 Å². The first-order valence-electron chi connectivity index (χ1n) is 4.33. The molecule has 0 fully saturated rings. The van der Waals surface area contributed by atoms with Gasteiger partial charge in [0, 0.05) is 11.9 Å². The predicted octanol–water partition coefficient (Wildman–Crippen LogP) is 1.91. The lowest BCUT2D eigenvalue weighted by Crippen LogP contribution is -1.90. The summed E-state index contributed by atoms with van der Waals surface area (Å²) in [5.74, 6) is 0.518. The highest BCUT2D eigenvalue weighted by atomic mass is 14.8. The highest BCUT2D eigenvalue weighted by Gasteiger charge is 1.98. The zero-order valence-electron chi connectivity index (χ0n) is 7.64. The zero-order chi connectivity index (χ0) is 9.97. The van der Waals surface area contributed by atoms with E-state index in [2.05, 4.69) is 4.98 Å². The van der Waals surface area contributed by atoms with Crippen LogP contribution in [0.15, 0.2) is 42.6 Å². The molecule has 1 aromatic heterocycles. The van der Waals surface area contributed by atoms with Gasteiger partial charge in [0.1, 0.15) is 5.82 Å². The third kappa shape index (κ3) is 1.66. The van der Waals surface area contributed by atoms with Crippen molar-refractivity contribution in [2.24, 2.45) is 0 Å². The van der Waals surface area contributed by atoms with Crippen molar-refractivity contribution in [2.75, 3.05) is 11.5 Å². The van der Waals surface area contributed by atoms with Gasteiger partial charge in [-0.2, -0.15) is 0 Å². The number of nitrogens with two attached hydrogens (primary N) is 2. The van der Waals surface area contributed by atoms with Crippen LogP contribution in [0.4, 0.5) is 11.5 Å². The molecule has 1 aromatic carbocycles. The monoisotopic (exact) mass is 185 g/mol. The summed E-state index contributed by atoms with van der Waals surface area (Å²) in [6.45, 7) is 0. The van der Waals surface area contributed by atoms with Gasteiger partial charge in [-0.25, -0.2) is 4.98 Å². The van der Waals surface area contributed by atoms with Crippen molar-refractivity contribution in [1.29, 1.82) is 0 Å². The molecule has 0 amide bonds. The molecular weight excluding hydrogens is 174 g/mol. The van der Waals surface area contributed by atoms with Crippen LogP contribution in [0.1, 0.15) is 0 Å². The number of hydrogen-bond acceptors (Lipinski definition) is 3. The van der Waals surface area contributed by atoms with Crippen LogP contribution in [-0.2, 0) is 0 Å². The second-order valence-electron chi connectivity index (χ2n) is 3.09. The molecule has 0 aliphatic heterocycles. The molecule has 0 bridgehead atoms. The largest absolute Gasteiger partial charge is 0.399 e. The van der Waals surface area contributed by atoms with E-state index in [9.17, 15) is 0 Å². The second-order valence-corrected chi connectivity index (χ2v) is 3.09. The fraction of sp³-hybridized carbons (Fsp3) is 0. The van der Waals surface area contributed by atoms with Gasteiger partial charge in [0.25, 0.3) is 0 Å². The first kappa shape index (κ1) is 8.56. The highest BCUT2D eigenvalue weighted by molar-refractivity contribution is 5.68. The molecule has 70 valence electrons. The summed E-state index contributed by atoms with van der Waals surface area (Å²) in [5.41, 5.74) is 14.1. The van der Waals surface area contributed by atoms with Crippen molar-refractivity contribution in [3.05, 3.63) is 42.6 Å². The average molecular weight is 185 g/mol.